The monoisotopic (exact) mass is 222 g/mol. The maximum atomic E-state index is 4.54. The van der Waals surface area contributed by atoms with Crippen LogP contribution >= 0.6 is 11.8 Å². The number of rotatable bonds is 3. The third-order valence-electron chi connectivity index (χ3n) is 2.82. The zero-order chi connectivity index (χ0) is 10.5. The normalized spacial score (nSPS) is 17.7. The van der Waals surface area contributed by atoms with Crippen molar-refractivity contribution in [2.75, 3.05) is 12.4 Å². The van der Waals surface area contributed by atoms with Crippen molar-refractivity contribution in [2.24, 2.45) is 0 Å². The summed E-state index contributed by atoms with van der Waals surface area (Å²) in [5, 5.41) is 5.03. The molecule has 0 unspecified atom stereocenters. The van der Waals surface area contributed by atoms with Crippen molar-refractivity contribution in [1.82, 2.24) is 4.98 Å². The fourth-order valence-electron chi connectivity index (χ4n) is 1.97. The minimum atomic E-state index is 0.790. The standard InChI is InChI=1S/C12H18N2S/c1-13-11-8-5-9-12(14-11)15-10-6-3-2-4-7-10/h5,8-10H,2-4,6-7H2,1H3,(H,13,14). The van der Waals surface area contributed by atoms with Crippen LogP contribution in [0.2, 0.25) is 0 Å². The van der Waals surface area contributed by atoms with Crippen molar-refractivity contribution < 1.29 is 0 Å². The molecule has 1 aliphatic carbocycles. The van der Waals surface area contributed by atoms with E-state index in [1.54, 1.807) is 0 Å². The summed E-state index contributed by atoms with van der Waals surface area (Å²) >= 11 is 1.94. The number of nitrogens with one attached hydrogen (secondary N) is 1. The first-order chi connectivity index (χ1) is 7.38. The molecule has 1 fully saturated rings. The quantitative estimate of drug-likeness (QED) is 0.846. The van der Waals surface area contributed by atoms with Crippen LogP contribution in [-0.2, 0) is 0 Å². The van der Waals surface area contributed by atoms with Gasteiger partial charge >= 0.3 is 0 Å². The molecule has 1 aliphatic rings. The molecule has 0 aromatic carbocycles. The summed E-state index contributed by atoms with van der Waals surface area (Å²) in [5.41, 5.74) is 0. The Kier molecular flexibility index (Phi) is 3.89. The fraction of sp³-hybridized carbons (Fsp3) is 0.583. The molecular weight excluding hydrogens is 204 g/mol. The topological polar surface area (TPSA) is 24.9 Å². The molecule has 0 atom stereocenters. The maximum absolute atomic E-state index is 4.54. The van der Waals surface area contributed by atoms with E-state index in [2.05, 4.69) is 22.4 Å². The zero-order valence-corrected chi connectivity index (χ0v) is 10.0. The Bertz CT molecular complexity index is 308. The first-order valence-electron chi connectivity index (χ1n) is 5.70. The molecule has 1 aromatic heterocycles. The van der Waals surface area contributed by atoms with Gasteiger partial charge in [0.2, 0.25) is 0 Å². The lowest BCUT2D eigenvalue weighted by Crippen LogP contribution is -2.08. The van der Waals surface area contributed by atoms with E-state index in [1.165, 1.54) is 32.1 Å². The molecule has 15 heavy (non-hydrogen) atoms. The minimum absolute atomic E-state index is 0.790. The van der Waals surface area contributed by atoms with E-state index >= 15 is 0 Å². The summed E-state index contributed by atoms with van der Waals surface area (Å²) in [6.07, 6.45) is 6.92. The van der Waals surface area contributed by atoms with Gasteiger partial charge in [0, 0.05) is 12.3 Å². The smallest absolute Gasteiger partial charge is 0.126 e. The Morgan fingerprint density at radius 2 is 2.07 bits per heavy atom. The number of nitrogens with zero attached hydrogens (tertiary/aromatic N) is 1. The molecular formula is C12H18N2S. The van der Waals surface area contributed by atoms with Crippen LogP contribution < -0.4 is 5.32 Å². The predicted octanol–water partition coefficient (Wildman–Crippen LogP) is 3.55. The van der Waals surface area contributed by atoms with Crippen LogP contribution in [-0.4, -0.2) is 17.3 Å². The number of pyridine rings is 1. The molecule has 0 amide bonds. The fourth-order valence-corrected chi connectivity index (χ4v) is 3.19. The van der Waals surface area contributed by atoms with Gasteiger partial charge in [-0.1, -0.05) is 25.3 Å². The number of anilines is 1. The number of thioether (sulfide) groups is 1. The van der Waals surface area contributed by atoms with Gasteiger partial charge in [0.05, 0.1) is 5.03 Å². The van der Waals surface area contributed by atoms with Crippen LogP contribution in [0, 0.1) is 0 Å². The van der Waals surface area contributed by atoms with Crippen molar-refractivity contribution in [3.8, 4) is 0 Å². The van der Waals surface area contributed by atoms with Gasteiger partial charge < -0.3 is 5.32 Å². The number of hydrogen-bond acceptors (Lipinski definition) is 3. The average molecular weight is 222 g/mol. The predicted molar refractivity (Wildman–Crippen MR) is 66.5 cm³/mol. The second kappa shape index (κ2) is 5.40. The van der Waals surface area contributed by atoms with Crippen molar-refractivity contribution in [2.45, 2.75) is 42.4 Å². The third kappa shape index (κ3) is 3.13. The molecule has 1 heterocycles. The summed E-state index contributed by atoms with van der Waals surface area (Å²) < 4.78 is 0. The highest BCUT2D eigenvalue weighted by Crippen LogP contribution is 2.32. The van der Waals surface area contributed by atoms with Gasteiger partial charge in [0.1, 0.15) is 5.82 Å². The van der Waals surface area contributed by atoms with Gasteiger partial charge in [-0.15, -0.1) is 11.8 Å². The first-order valence-corrected chi connectivity index (χ1v) is 6.58. The van der Waals surface area contributed by atoms with Crippen LogP contribution in [0.5, 0.6) is 0 Å². The first kappa shape index (κ1) is 10.8. The Balaban J connectivity index is 1.96. The largest absolute Gasteiger partial charge is 0.373 e. The molecule has 82 valence electrons. The van der Waals surface area contributed by atoms with E-state index < -0.39 is 0 Å². The Hall–Kier alpha value is -0.700. The van der Waals surface area contributed by atoms with E-state index in [1.807, 2.05) is 24.9 Å². The summed E-state index contributed by atoms with van der Waals surface area (Å²) in [6, 6.07) is 6.19. The summed E-state index contributed by atoms with van der Waals surface area (Å²) in [7, 11) is 1.91. The lowest BCUT2D eigenvalue weighted by molar-refractivity contribution is 0.516. The van der Waals surface area contributed by atoms with Crippen LogP contribution in [0.3, 0.4) is 0 Å². The van der Waals surface area contributed by atoms with Gasteiger partial charge in [-0.2, -0.15) is 0 Å². The Morgan fingerprint density at radius 1 is 1.27 bits per heavy atom. The van der Waals surface area contributed by atoms with Gasteiger partial charge in [-0.3, -0.25) is 0 Å². The van der Waals surface area contributed by atoms with Crippen LogP contribution in [0.1, 0.15) is 32.1 Å². The Labute approximate surface area is 95.9 Å². The highest BCUT2D eigenvalue weighted by molar-refractivity contribution is 7.99. The van der Waals surface area contributed by atoms with Gasteiger partial charge in [-0.25, -0.2) is 4.98 Å². The van der Waals surface area contributed by atoms with E-state index in [4.69, 9.17) is 0 Å². The van der Waals surface area contributed by atoms with Crippen LogP contribution in [0.4, 0.5) is 5.82 Å². The summed E-state index contributed by atoms with van der Waals surface area (Å²) in [5.74, 6) is 0.968. The summed E-state index contributed by atoms with van der Waals surface area (Å²) in [4.78, 5) is 4.54. The molecule has 0 aliphatic heterocycles. The van der Waals surface area contributed by atoms with E-state index in [9.17, 15) is 0 Å². The van der Waals surface area contributed by atoms with Crippen molar-refractivity contribution >= 4 is 17.6 Å². The second-order valence-corrected chi connectivity index (χ2v) is 5.31. The lowest BCUT2D eigenvalue weighted by atomic mass is 10.0. The van der Waals surface area contributed by atoms with Crippen LogP contribution in [0.25, 0.3) is 0 Å². The van der Waals surface area contributed by atoms with Crippen molar-refractivity contribution in [3.05, 3.63) is 18.2 Å². The second-order valence-electron chi connectivity index (χ2n) is 3.99. The maximum Gasteiger partial charge on any atom is 0.126 e. The SMILES string of the molecule is CNc1cccc(SC2CCCCC2)n1. The molecule has 0 spiro atoms. The summed E-state index contributed by atoms with van der Waals surface area (Å²) in [6.45, 7) is 0. The molecule has 1 N–H and O–H groups in total. The highest BCUT2D eigenvalue weighted by Gasteiger charge is 2.15. The molecule has 0 radical (unpaired) electrons. The molecule has 1 aromatic rings. The number of hydrogen-bond donors (Lipinski definition) is 1. The molecule has 0 bridgehead atoms. The van der Waals surface area contributed by atoms with Gasteiger partial charge in [-0.05, 0) is 25.0 Å². The molecule has 3 heteroatoms. The van der Waals surface area contributed by atoms with Gasteiger partial charge in [0.25, 0.3) is 0 Å². The zero-order valence-electron chi connectivity index (χ0n) is 9.20. The number of aromatic nitrogens is 1. The van der Waals surface area contributed by atoms with E-state index in [-0.39, 0.29) is 0 Å². The molecule has 0 saturated heterocycles. The van der Waals surface area contributed by atoms with E-state index in [0.717, 1.165) is 16.1 Å². The van der Waals surface area contributed by atoms with Crippen molar-refractivity contribution in [1.29, 1.82) is 0 Å². The Morgan fingerprint density at radius 3 is 2.80 bits per heavy atom. The van der Waals surface area contributed by atoms with Crippen LogP contribution in [0.15, 0.2) is 23.2 Å². The van der Waals surface area contributed by atoms with Crippen molar-refractivity contribution in [3.63, 3.8) is 0 Å². The third-order valence-corrected chi connectivity index (χ3v) is 4.09. The minimum Gasteiger partial charge on any atom is -0.373 e. The van der Waals surface area contributed by atoms with E-state index in [0.29, 0.717) is 0 Å². The average Bonchev–Trinajstić information content (AvgIpc) is 2.31. The van der Waals surface area contributed by atoms with Gasteiger partial charge in [0.15, 0.2) is 0 Å². The molecule has 1 saturated carbocycles. The molecule has 2 nitrogen and oxygen atoms in total. The highest BCUT2D eigenvalue weighted by atomic mass is 32.2. The lowest BCUT2D eigenvalue weighted by Gasteiger charge is -2.20. The molecule has 2 rings (SSSR count).